The minimum absolute atomic E-state index is 0.0745. The molecule has 0 atom stereocenters. The van der Waals surface area contributed by atoms with Crippen LogP contribution in [0.1, 0.15) is 12.6 Å². The van der Waals surface area contributed by atoms with Crippen LogP contribution in [-0.2, 0) is 4.79 Å². The van der Waals surface area contributed by atoms with Gasteiger partial charge in [-0.2, -0.15) is 14.6 Å². The number of rotatable bonds is 4. The molecule has 2 heterocycles. The topological polar surface area (TPSA) is 83.6 Å². The molecule has 17 heavy (non-hydrogen) atoms. The molecule has 2 aromatic heterocycles. The summed E-state index contributed by atoms with van der Waals surface area (Å²) in [6, 6.07) is 1.80. The fourth-order valence-corrected chi connectivity index (χ4v) is 1.65. The lowest BCUT2D eigenvalue weighted by molar-refractivity contribution is -0.135. The minimum atomic E-state index is -0.880. The molecule has 0 saturated heterocycles. The van der Waals surface area contributed by atoms with Crippen molar-refractivity contribution in [1.29, 1.82) is 0 Å². The average molecular weight is 235 g/mol. The van der Waals surface area contributed by atoms with Crippen molar-refractivity contribution < 1.29 is 9.90 Å². The first-order valence-electron chi connectivity index (χ1n) is 5.26. The molecule has 2 aromatic rings. The fourth-order valence-electron chi connectivity index (χ4n) is 1.65. The van der Waals surface area contributed by atoms with Gasteiger partial charge in [0.1, 0.15) is 18.7 Å². The van der Waals surface area contributed by atoms with Gasteiger partial charge in [0, 0.05) is 18.3 Å². The number of carboxylic acids is 1. The van der Waals surface area contributed by atoms with Crippen LogP contribution >= 0.6 is 0 Å². The number of hydrogen-bond donors (Lipinski definition) is 1. The van der Waals surface area contributed by atoms with Crippen LogP contribution in [0.3, 0.4) is 0 Å². The lowest BCUT2D eigenvalue weighted by Gasteiger charge is -2.21. The van der Waals surface area contributed by atoms with Crippen molar-refractivity contribution in [3.05, 3.63) is 18.1 Å². The minimum Gasteiger partial charge on any atom is -0.480 e. The number of aliphatic carboxylic acids is 1. The third-order valence-corrected chi connectivity index (χ3v) is 2.39. The molecule has 0 unspecified atom stereocenters. The summed E-state index contributed by atoms with van der Waals surface area (Å²) in [4.78, 5) is 20.7. The molecule has 7 nitrogen and oxygen atoms in total. The zero-order chi connectivity index (χ0) is 12.4. The van der Waals surface area contributed by atoms with E-state index in [1.54, 1.807) is 15.5 Å². The number of hydrogen-bond acceptors (Lipinski definition) is 5. The highest BCUT2D eigenvalue weighted by molar-refractivity contribution is 5.73. The summed E-state index contributed by atoms with van der Waals surface area (Å²) in [6.07, 6.45) is 1.40. The summed E-state index contributed by atoms with van der Waals surface area (Å²) in [5.41, 5.74) is 0.782. The van der Waals surface area contributed by atoms with Gasteiger partial charge in [0.25, 0.3) is 5.78 Å². The highest BCUT2D eigenvalue weighted by Crippen LogP contribution is 2.15. The molecule has 0 aromatic carbocycles. The highest BCUT2D eigenvalue weighted by Gasteiger charge is 2.14. The molecular weight excluding hydrogens is 222 g/mol. The van der Waals surface area contributed by atoms with Crippen molar-refractivity contribution in [3.8, 4) is 0 Å². The maximum absolute atomic E-state index is 10.8. The zero-order valence-electron chi connectivity index (χ0n) is 9.66. The Balaban J connectivity index is 2.51. The van der Waals surface area contributed by atoms with Crippen molar-refractivity contribution in [1.82, 2.24) is 19.6 Å². The third kappa shape index (κ3) is 2.17. The number of aryl methyl sites for hydroxylation is 1. The van der Waals surface area contributed by atoms with Crippen LogP contribution in [0.25, 0.3) is 5.78 Å². The van der Waals surface area contributed by atoms with E-state index in [1.807, 2.05) is 13.8 Å². The van der Waals surface area contributed by atoms with E-state index in [4.69, 9.17) is 5.11 Å². The fraction of sp³-hybridized carbons (Fsp3) is 0.400. The predicted octanol–water partition coefficient (Wildman–Crippen LogP) is 0.344. The number of anilines is 1. The Bertz CT molecular complexity index is 551. The van der Waals surface area contributed by atoms with E-state index in [9.17, 15) is 4.79 Å². The lowest BCUT2D eigenvalue weighted by atomic mass is 10.4. The van der Waals surface area contributed by atoms with Gasteiger partial charge in [0.05, 0.1) is 0 Å². The van der Waals surface area contributed by atoms with Gasteiger partial charge in [-0.1, -0.05) is 0 Å². The van der Waals surface area contributed by atoms with E-state index < -0.39 is 5.97 Å². The predicted molar refractivity (Wildman–Crippen MR) is 61.0 cm³/mol. The lowest BCUT2D eigenvalue weighted by Crippen LogP contribution is -2.31. The second-order valence-corrected chi connectivity index (χ2v) is 3.64. The Kier molecular flexibility index (Phi) is 2.90. The van der Waals surface area contributed by atoms with Crippen LogP contribution in [-0.4, -0.2) is 43.7 Å². The molecular formula is C10H13N5O2. The van der Waals surface area contributed by atoms with E-state index in [0.29, 0.717) is 18.1 Å². The second kappa shape index (κ2) is 4.36. The van der Waals surface area contributed by atoms with Crippen LogP contribution < -0.4 is 4.90 Å². The molecule has 0 aliphatic carbocycles. The summed E-state index contributed by atoms with van der Waals surface area (Å²) >= 11 is 0. The number of fused-ring (bicyclic) bond motifs is 1. The van der Waals surface area contributed by atoms with Gasteiger partial charge in [-0.05, 0) is 13.8 Å². The summed E-state index contributed by atoms with van der Waals surface area (Å²) in [7, 11) is 0. The maximum atomic E-state index is 10.8. The summed E-state index contributed by atoms with van der Waals surface area (Å²) in [6.45, 7) is 4.23. The summed E-state index contributed by atoms with van der Waals surface area (Å²) in [5, 5.41) is 12.9. The zero-order valence-corrected chi connectivity index (χ0v) is 9.66. The number of carbonyl (C=O) groups is 1. The SMILES string of the molecule is CCN(CC(=O)O)c1cc(C)nc2ncnn12. The van der Waals surface area contributed by atoms with Crippen LogP contribution in [0.15, 0.2) is 12.4 Å². The highest BCUT2D eigenvalue weighted by atomic mass is 16.4. The Morgan fingerprint density at radius 1 is 1.59 bits per heavy atom. The first kappa shape index (κ1) is 11.3. The maximum Gasteiger partial charge on any atom is 0.323 e. The molecule has 0 radical (unpaired) electrons. The first-order valence-corrected chi connectivity index (χ1v) is 5.26. The summed E-state index contributed by atoms with van der Waals surface area (Å²) < 4.78 is 1.54. The van der Waals surface area contributed by atoms with Gasteiger partial charge in [-0.15, -0.1) is 0 Å². The molecule has 2 rings (SSSR count). The smallest absolute Gasteiger partial charge is 0.323 e. The van der Waals surface area contributed by atoms with Crippen molar-refractivity contribution >= 4 is 17.6 Å². The van der Waals surface area contributed by atoms with Crippen LogP contribution in [0.5, 0.6) is 0 Å². The van der Waals surface area contributed by atoms with Gasteiger partial charge in [0.15, 0.2) is 0 Å². The molecule has 1 N–H and O–H groups in total. The number of likely N-dealkylation sites (N-methyl/N-ethyl adjacent to an activating group) is 1. The van der Waals surface area contributed by atoms with Gasteiger partial charge in [0.2, 0.25) is 0 Å². The molecule has 0 bridgehead atoms. The Morgan fingerprint density at radius 2 is 2.35 bits per heavy atom. The molecule has 0 fully saturated rings. The standard InChI is InChI=1S/C10H13N5O2/c1-3-14(5-9(16)17)8-4-7(2)13-10-11-6-12-15(8)10/h4,6H,3,5H2,1-2H3,(H,16,17). The van der Waals surface area contributed by atoms with E-state index in [0.717, 1.165) is 5.69 Å². The van der Waals surface area contributed by atoms with Crippen LogP contribution in [0.4, 0.5) is 5.82 Å². The van der Waals surface area contributed by atoms with Crippen LogP contribution in [0.2, 0.25) is 0 Å². The molecule has 0 saturated carbocycles. The van der Waals surface area contributed by atoms with Crippen molar-refractivity contribution in [3.63, 3.8) is 0 Å². The molecule has 0 amide bonds. The van der Waals surface area contributed by atoms with Crippen LogP contribution in [0, 0.1) is 6.92 Å². The normalized spacial score (nSPS) is 10.7. The number of aromatic nitrogens is 4. The van der Waals surface area contributed by atoms with Crippen molar-refractivity contribution in [2.45, 2.75) is 13.8 Å². The molecule has 0 aliphatic heterocycles. The molecule has 0 spiro atoms. The average Bonchev–Trinajstić information content (AvgIpc) is 2.72. The largest absolute Gasteiger partial charge is 0.480 e. The van der Waals surface area contributed by atoms with E-state index in [-0.39, 0.29) is 6.54 Å². The van der Waals surface area contributed by atoms with Gasteiger partial charge in [-0.25, -0.2) is 4.98 Å². The molecule has 90 valence electrons. The van der Waals surface area contributed by atoms with E-state index in [2.05, 4.69) is 15.1 Å². The quantitative estimate of drug-likeness (QED) is 0.822. The first-order chi connectivity index (χ1) is 8.11. The second-order valence-electron chi connectivity index (χ2n) is 3.64. The van der Waals surface area contributed by atoms with Crippen molar-refractivity contribution in [2.75, 3.05) is 18.0 Å². The summed E-state index contributed by atoms with van der Waals surface area (Å²) in [5.74, 6) is 0.285. The molecule has 7 heteroatoms. The number of carboxylic acid groups (broad SMARTS) is 1. The Morgan fingerprint density at radius 3 is 3.00 bits per heavy atom. The van der Waals surface area contributed by atoms with Gasteiger partial charge in [-0.3, -0.25) is 4.79 Å². The van der Waals surface area contributed by atoms with Gasteiger partial charge < -0.3 is 10.0 Å². The van der Waals surface area contributed by atoms with Gasteiger partial charge >= 0.3 is 5.97 Å². The number of nitrogens with zero attached hydrogens (tertiary/aromatic N) is 5. The Labute approximate surface area is 97.7 Å². The van der Waals surface area contributed by atoms with Crippen molar-refractivity contribution in [2.24, 2.45) is 0 Å². The van der Waals surface area contributed by atoms with E-state index >= 15 is 0 Å². The van der Waals surface area contributed by atoms with E-state index in [1.165, 1.54) is 6.33 Å². The Hall–Kier alpha value is -2.18. The molecule has 0 aliphatic rings. The monoisotopic (exact) mass is 235 g/mol. The third-order valence-electron chi connectivity index (χ3n) is 2.39.